The number of carbonyl (C=O) groups is 1. The highest BCUT2D eigenvalue weighted by Gasteiger charge is 2.22. The van der Waals surface area contributed by atoms with Crippen molar-refractivity contribution in [3.05, 3.63) is 63.6 Å². The minimum Gasteiger partial charge on any atom is -0.408 e. The van der Waals surface area contributed by atoms with Gasteiger partial charge in [0.05, 0.1) is 11.1 Å². The van der Waals surface area contributed by atoms with Crippen LogP contribution in [0.2, 0.25) is 5.02 Å². The van der Waals surface area contributed by atoms with E-state index in [0.717, 1.165) is 37.1 Å². The molecule has 2 aromatic carbocycles. The molecule has 0 spiro atoms. The van der Waals surface area contributed by atoms with E-state index in [9.17, 15) is 9.59 Å². The van der Waals surface area contributed by atoms with Gasteiger partial charge in [-0.15, -0.1) is 0 Å². The summed E-state index contributed by atoms with van der Waals surface area (Å²) in [6.45, 7) is 2.46. The van der Waals surface area contributed by atoms with E-state index in [2.05, 4.69) is 5.32 Å². The molecule has 0 saturated carbocycles. The van der Waals surface area contributed by atoms with Crippen LogP contribution in [0.3, 0.4) is 0 Å². The Labute approximate surface area is 161 Å². The molecule has 7 heteroatoms. The average molecular weight is 386 g/mol. The third-order valence-corrected chi connectivity index (χ3v) is 5.06. The number of aromatic nitrogens is 1. The van der Waals surface area contributed by atoms with Crippen LogP contribution in [-0.4, -0.2) is 35.0 Å². The van der Waals surface area contributed by atoms with Gasteiger partial charge in [0.15, 0.2) is 5.58 Å². The molecular formula is C20H20ClN3O3. The molecule has 1 N–H and O–H groups in total. The van der Waals surface area contributed by atoms with Crippen LogP contribution >= 0.6 is 11.6 Å². The summed E-state index contributed by atoms with van der Waals surface area (Å²) >= 11 is 6.11. The summed E-state index contributed by atoms with van der Waals surface area (Å²) in [5.74, 6) is -0.397. The molecule has 2 heterocycles. The second-order valence-corrected chi connectivity index (χ2v) is 7.04. The number of halogens is 1. The van der Waals surface area contributed by atoms with Gasteiger partial charge in [-0.25, -0.2) is 4.79 Å². The fourth-order valence-electron chi connectivity index (χ4n) is 3.47. The lowest BCUT2D eigenvalue weighted by molar-refractivity contribution is 0.0793. The molecule has 1 aromatic heterocycles. The van der Waals surface area contributed by atoms with Gasteiger partial charge in [0.25, 0.3) is 5.91 Å². The topological polar surface area (TPSA) is 67.5 Å². The van der Waals surface area contributed by atoms with Crippen LogP contribution in [0.15, 0.2) is 51.7 Å². The number of likely N-dealkylation sites (tertiary alicyclic amines) is 1. The predicted molar refractivity (Wildman–Crippen MR) is 106 cm³/mol. The molecule has 0 atom stereocenters. The molecule has 3 aromatic rings. The highest BCUT2D eigenvalue weighted by atomic mass is 35.5. The van der Waals surface area contributed by atoms with Gasteiger partial charge in [0.1, 0.15) is 0 Å². The van der Waals surface area contributed by atoms with Crippen LogP contribution in [0.25, 0.3) is 11.1 Å². The van der Waals surface area contributed by atoms with E-state index in [0.29, 0.717) is 29.3 Å². The number of oxazole rings is 1. The summed E-state index contributed by atoms with van der Waals surface area (Å²) in [5, 5.41) is 3.80. The zero-order valence-corrected chi connectivity index (χ0v) is 15.5. The monoisotopic (exact) mass is 385 g/mol. The van der Waals surface area contributed by atoms with Gasteiger partial charge in [-0.3, -0.25) is 9.36 Å². The second kappa shape index (κ2) is 7.48. The average Bonchev–Trinajstić information content (AvgIpc) is 3.30. The lowest BCUT2D eigenvalue weighted by Gasteiger charge is -2.18. The van der Waals surface area contributed by atoms with Gasteiger partial charge in [-0.1, -0.05) is 23.7 Å². The Morgan fingerprint density at radius 1 is 1.15 bits per heavy atom. The number of amides is 1. The molecule has 1 aliphatic heterocycles. The molecule has 1 aliphatic rings. The van der Waals surface area contributed by atoms with E-state index < -0.39 is 0 Å². The van der Waals surface area contributed by atoms with E-state index in [1.54, 1.807) is 22.8 Å². The van der Waals surface area contributed by atoms with Crippen molar-refractivity contribution in [3.63, 3.8) is 0 Å². The lowest BCUT2D eigenvalue weighted by Crippen LogP contribution is -2.28. The number of anilines is 1. The number of nitrogens with zero attached hydrogens (tertiary/aromatic N) is 2. The minimum atomic E-state index is -0.387. The first-order valence-corrected chi connectivity index (χ1v) is 9.42. The van der Waals surface area contributed by atoms with Crippen molar-refractivity contribution in [2.45, 2.75) is 19.4 Å². The van der Waals surface area contributed by atoms with E-state index in [-0.39, 0.29) is 11.7 Å². The zero-order chi connectivity index (χ0) is 18.8. The molecule has 0 bridgehead atoms. The highest BCUT2D eigenvalue weighted by molar-refractivity contribution is 6.31. The largest absolute Gasteiger partial charge is 0.420 e. The Balaban J connectivity index is 1.52. The van der Waals surface area contributed by atoms with Crippen LogP contribution in [-0.2, 0) is 6.54 Å². The van der Waals surface area contributed by atoms with Crippen LogP contribution < -0.4 is 11.1 Å². The predicted octanol–water partition coefficient (Wildman–Crippen LogP) is 3.60. The summed E-state index contributed by atoms with van der Waals surface area (Å²) in [6, 6.07) is 12.6. The summed E-state index contributed by atoms with van der Waals surface area (Å²) < 4.78 is 6.83. The van der Waals surface area contributed by atoms with Gasteiger partial charge in [-0.2, -0.15) is 0 Å². The van der Waals surface area contributed by atoms with E-state index in [1.807, 2.05) is 29.2 Å². The van der Waals surface area contributed by atoms with Crippen LogP contribution in [0.5, 0.6) is 0 Å². The second-order valence-electron chi connectivity index (χ2n) is 6.60. The van der Waals surface area contributed by atoms with Gasteiger partial charge in [0.2, 0.25) is 0 Å². The molecular weight excluding hydrogens is 366 g/mol. The Kier molecular flexibility index (Phi) is 4.90. The molecule has 0 unspecified atom stereocenters. The molecule has 6 nitrogen and oxygen atoms in total. The molecule has 1 amide bonds. The summed E-state index contributed by atoms with van der Waals surface area (Å²) in [6.07, 6.45) is 2.07. The first-order chi connectivity index (χ1) is 13.1. The maximum atomic E-state index is 12.8. The number of rotatable bonds is 5. The van der Waals surface area contributed by atoms with E-state index in [1.165, 1.54) is 0 Å². The number of para-hydroxylation sites is 2. The number of nitrogens with one attached hydrogen (secondary N) is 1. The van der Waals surface area contributed by atoms with Gasteiger partial charge < -0.3 is 14.6 Å². The van der Waals surface area contributed by atoms with Gasteiger partial charge in [0, 0.05) is 36.9 Å². The highest BCUT2D eigenvalue weighted by Crippen LogP contribution is 2.24. The molecule has 27 heavy (non-hydrogen) atoms. The molecule has 4 rings (SSSR count). The lowest BCUT2D eigenvalue weighted by atomic mass is 10.1. The van der Waals surface area contributed by atoms with Crippen molar-refractivity contribution < 1.29 is 9.21 Å². The normalized spacial score (nSPS) is 14.0. The molecule has 0 radical (unpaired) electrons. The SMILES string of the molecule is O=C(c1cc(Cl)ccc1NCCn1c(=O)oc2ccccc21)N1CCCC1. The van der Waals surface area contributed by atoms with Crippen molar-refractivity contribution in [3.8, 4) is 0 Å². The minimum absolute atomic E-state index is 0.0107. The Morgan fingerprint density at radius 3 is 2.74 bits per heavy atom. The third-order valence-electron chi connectivity index (χ3n) is 4.83. The number of hydrogen-bond donors (Lipinski definition) is 1. The molecule has 1 saturated heterocycles. The summed E-state index contributed by atoms with van der Waals surface area (Å²) in [4.78, 5) is 26.7. The first-order valence-electron chi connectivity index (χ1n) is 9.04. The number of carbonyl (C=O) groups excluding carboxylic acids is 1. The standard InChI is InChI=1S/C20H20ClN3O3/c21-14-7-8-16(15(13-14)19(25)23-10-3-4-11-23)22-9-12-24-17-5-1-2-6-18(17)27-20(24)26/h1-2,5-8,13,22H,3-4,9-12H2. The summed E-state index contributed by atoms with van der Waals surface area (Å²) in [5.41, 5.74) is 2.61. The maximum Gasteiger partial charge on any atom is 0.420 e. The molecule has 140 valence electrons. The summed E-state index contributed by atoms with van der Waals surface area (Å²) in [7, 11) is 0. The quantitative estimate of drug-likeness (QED) is 0.728. The smallest absolute Gasteiger partial charge is 0.408 e. The fraction of sp³-hybridized carbons (Fsp3) is 0.300. The Hall–Kier alpha value is -2.73. The fourth-order valence-corrected chi connectivity index (χ4v) is 3.64. The van der Waals surface area contributed by atoms with Gasteiger partial charge in [-0.05, 0) is 43.2 Å². The van der Waals surface area contributed by atoms with Crippen molar-refractivity contribution in [1.29, 1.82) is 0 Å². The number of benzene rings is 2. The maximum absolute atomic E-state index is 12.8. The van der Waals surface area contributed by atoms with E-state index >= 15 is 0 Å². The van der Waals surface area contributed by atoms with Crippen molar-refractivity contribution in [1.82, 2.24) is 9.47 Å². The van der Waals surface area contributed by atoms with Crippen molar-refractivity contribution in [2.24, 2.45) is 0 Å². The van der Waals surface area contributed by atoms with Crippen LogP contribution in [0, 0.1) is 0 Å². The first kappa shape index (κ1) is 17.7. The number of fused-ring (bicyclic) bond motifs is 1. The van der Waals surface area contributed by atoms with Crippen LogP contribution in [0.4, 0.5) is 5.69 Å². The number of hydrogen-bond acceptors (Lipinski definition) is 4. The Morgan fingerprint density at radius 2 is 1.93 bits per heavy atom. The van der Waals surface area contributed by atoms with E-state index in [4.69, 9.17) is 16.0 Å². The molecule has 1 fully saturated rings. The Bertz CT molecular complexity index is 1030. The zero-order valence-electron chi connectivity index (χ0n) is 14.8. The van der Waals surface area contributed by atoms with Crippen molar-refractivity contribution in [2.75, 3.05) is 25.0 Å². The molecule has 0 aliphatic carbocycles. The van der Waals surface area contributed by atoms with Crippen LogP contribution in [0.1, 0.15) is 23.2 Å². The third kappa shape index (κ3) is 3.57. The van der Waals surface area contributed by atoms with Crippen molar-refractivity contribution >= 4 is 34.3 Å². The van der Waals surface area contributed by atoms with Gasteiger partial charge >= 0.3 is 5.76 Å².